The van der Waals surface area contributed by atoms with Crippen LogP contribution >= 0.6 is 34.8 Å². The molecule has 35 heavy (non-hydrogen) atoms. The number of amides is 1. The van der Waals surface area contributed by atoms with Crippen molar-refractivity contribution in [2.75, 3.05) is 0 Å². The molecule has 0 aliphatic heterocycles. The van der Waals surface area contributed by atoms with Crippen LogP contribution in [-0.4, -0.2) is 10.9 Å². The number of aromatic nitrogens is 1. The maximum Gasteiger partial charge on any atom is 0.250 e. The van der Waals surface area contributed by atoms with Gasteiger partial charge in [-0.05, 0) is 48.0 Å². The minimum absolute atomic E-state index is 0.0988. The van der Waals surface area contributed by atoms with Crippen molar-refractivity contribution >= 4 is 40.7 Å². The van der Waals surface area contributed by atoms with Crippen LogP contribution in [0.25, 0.3) is 11.1 Å². The first-order valence-electron chi connectivity index (χ1n) is 10.3. The van der Waals surface area contributed by atoms with Crippen LogP contribution in [0.3, 0.4) is 0 Å². The van der Waals surface area contributed by atoms with Gasteiger partial charge in [0.2, 0.25) is 5.91 Å². The maximum atomic E-state index is 13.9. The molecule has 1 aromatic heterocycles. The number of carbonyl (C=O) groups is 1. The molecule has 2 N–H and O–H groups in total. The average Bonchev–Trinajstić information content (AvgIpc) is 2.82. The highest BCUT2D eigenvalue weighted by Gasteiger charge is 2.22. The second-order valence-electron chi connectivity index (χ2n) is 7.64. The van der Waals surface area contributed by atoms with Crippen molar-refractivity contribution in [3.8, 4) is 16.9 Å². The lowest BCUT2D eigenvalue weighted by Crippen LogP contribution is -2.15. The second kappa shape index (κ2) is 10.6. The summed E-state index contributed by atoms with van der Waals surface area (Å²) in [5, 5.41) is 1.30. The smallest absolute Gasteiger partial charge is 0.250 e. The van der Waals surface area contributed by atoms with Crippen molar-refractivity contribution in [2.45, 2.75) is 12.5 Å². The molecule has 4 aromatic rings. The molecule has 0 spiro atoms. The first-order valence-corrected chi connectivity index (χ1v) is 11.5. The van der Waals surface area contributed by atoms with Gasteiger partial charge in [0.15, 0.2) is 11.6 Å². The van der Waals surface area contributed by atoms with Gasteiger partial charge in [-0.25, -0.2) is 8.78 Å². The van der Waals surface area contributed by atoms with Gasteiger partial charge in [0.05, 0.1) is 11.3 Å². The SMILES string of the molecule is NC(=O)c1cnc(CC(Oc2ccc(F)c(F)c2)c2ccc(Cl)cc2Cl)c(-c2ccc(Cl)cc2)c1. The Bertz CT molecular complexity index is 1400. The summed E-state index contributed by atoms with van der Waals surface area (Å²) in [7, 11) is 0. The monoisotopic (exact) mass is 532 g/mol. The Kier molecular flexibility index (Phi) is 7.55. The maximum absolute atomic E-state index is 13.9. The Labute approximate surface area is 215 Å². The van der Waals surface area contributed by atoms with Gasteiger partial charge < -0.3 is 10.5 Å². The number of primary amides is 1. The molecular weight excluding hydrogens is 517 g/mol. The molecule has 0 radical (unpaired) electrons. The van der Waals surface area contributed by atoms with E-state index >= 15 is 0 Å². The van der Waals surface area contributed by atoms with Crippen molar-refractivity contribution < 1.29 is 18.3 Å². The zero-order valence-electron chi connectivity index (χ0n) is 17.9. The molecule has 0 bridgehead atoms. The molecule has 1 heterocycles. The Morgan fingerprint density at radius 3 is 2.29 bits per heavy atom. The van der Waals surface area contributed by atoms with Crippen molar-refractivity contribution in [3.05, 3.63) is 116 Å². The Morgan fingerprint density at radius 2 is 1.63 bits per heavy atom. The molecule has 9 heteroatoms. The molecular formula is C26H17Cl3F2N2O2. The van der Waals surface area contributed by atoms with Crippen LogP contribution < -0.4 is 10.5 Å². The van der Waals surface area contributed by atoms with E-state index in [-0.39, 0.29) is 17.7 Å². The highest BCUT2D eigenvalue weighted by atomic mass is 35.5. The number of nitrogens with zero attached hydrogens (tertiary/aromatic N) is 1. The van der Waals surface area contributed by atoms with E-state index in [0.717, 1.165) is 17.7 Å². The highest BCUT2D eigenvalue weighted by molar-refractivity contribution is 6.35. The molecule has 0 fully saturated rings. The van der Waals surface area contributed by atoms with Crippen LogP contribution in [0.2, 0.25) is 15.1 Å². The molecule has 4 rings (SSSR count). The Hall–Kier alpha value is -3.19. The van der Waals surface area contributed by atoms with Crippen molar-refractivity contribution in [1.29, 1.82) is 0 Å². The standard InChI is InChI=1S/C26H17Cl3F2N2O2/c27-16-3-1-14(2-4-16)20-9-15(26(32)34)13-33-24(20)12-25(19-7-5-17(28)10-21(19)29)35-18-6-8-22(30)23(31)11-18/h1-11,13,25H,12H2,(H2,32,34). The highest BCUT2D eigenvalue weighted by Crippen LogP contribution is 2.35. The van der Waals surface area contributed by atoms with Gasteiger partial charge in [0.25, 0.3) is 0 Å². The molecule has 1 unspecified atom stereocenters. The van der Waals surface area contributed by atoms with E-state index < -0.39 is 23.6 Å². The van der Waals surface area contributed by atoms with Gasteiger partial charge in [-0.2, -0.15) is 0 Å². The minimum Gasteiger partial charge on any atom is -0.485 e. The Morgan fingerprint density at radius 1 is 0.914 bits per heavy atom. The van der Waals surface area contributed by atoms with Crippen LogP contribution in [0.1, 0.15) is 27.7 Å². The summed E-state index contributed by atoms with van der Waals surface area (Å²) in [5.41, 5.74) is 8.17. The van der Waals surface area contributed by atoms with Crippen LogP contribution in [0.5, 0.6) is 5.75 Å². The van der Waals surface area contributed by atoms with Crippen LogP contribution in [0.15, 0.2) is 72.9 Å². The number of halogens is 5. The van der Waals surface area contributed by atoms with Gasteiger partial charge in [-0.1, -0.05) is 53.0 Å². The van der Waals surface area contributed by atoms with E-state index in [0.29, 0.717) is 31.9 Å². The van der Waals surface area contributed by atoms with E-state index in [2.05, 4.69) is 4.98 Å². The topological polar surface area (TPSA) is 65.2 Å². The number of carbonyl (C=O) groups excluding carboxylic acids is 1. The van der Waals surface area contributed by atoms with Crippen molar-refractivity contribution in [3.63, 3.8) is 0 Å². The number of ether oxygens (including phenoxy) is 1. The van der Waals surface area contributed by atoms with E-state index in [1.807, 2.05) is 0 Å². The second-order valence-corrected chi connectivity index (χ2v) is 8.92. The molecule has 0 aliphatic carbocycles. The summed E-state index contributed by atoms with van der Waals surface area (Å²) >= 11 is 18.6. The molecule has 0 saturated carbocycles. The van der Waals surface area contributed by atoms with E-state index in [1.54, 1.807) is 48.5 Å². The third-order valence-electron chi connectivity index (χ3n) is 5.27. The number of hydrogen-bond donors (Lipinski definition) is 1. The summed E-state index contributed by atoms with van der Waals surface area (Å²) in [4.78, 5) is 16.3. The molecule has 1 atom stereocenters. The zero-order valence-corrected chi connectivity index (χ0v) is 20.2. The third-order valence-corrected chi connectivity index (χ3v) is 6.08. The van der Waals surface area contributed by atoms with E-state index in [1.165, 1.54) is 12.3 Å². The van der Waals surface area contributed by atoms with Gasteiger partial charge in [0, 0.05) is 44.9 Å². The summed E-state index contributed by atoms with van der Waals surface area (Å²) in [6.45, 7) is 0. The number of rotatable bonds is 7. The van der Waals surface area contributed by atoms with Crippen molar-refractivity contribution in [1.82, 2.24) is 4.98 Å². The summed E-state index contributed by atoms with van der Waals surface area (Å²) in [5.74, 6) is -2.57. The van der Waals surface area contributed by atoms with Crippen LogP contribution in [-0.2, 0) is 6.42 Å². The summed E-state index contributed by atoms with van der Waals surface area (Å²) in [6, 6.07) is 16.8. The number of hydrogen-bond acceptors (Lipinski definition) is 3. The van der Waals surface area contributed by atoms with E-state index in [9.17, 15) is 13.6 Å². The van der Waals surface area contributed by atoms with Gasteiger partial charge in [0.1, 0.15) is 11.9 Å². The first-order chi connectivity index (χ1) is 16.7. The molecule has 3 aromatic carbocycles. The van der Waals surface area contributed by atoms with Gasteiger partial charge >= 0.3 is 0 Å². The molecule has 0 aliphatic rings. The zero-order chi connectivity index (χ0) is 25.1. The first kappa shape index (κ1) is 24.9. The molecule has 0 saturated heterocycles. The predicted molar refractivity (Wildman–Crippen MR) is 133 cm³/mol. The number of pyridine rings is 1. The summed E-state index contributed by atoms with van der Waals surface area (Å²) in [6.07, 6.45) is 0.773. The third kappa shape index (κ3) is 5.90. The summed E-state index contributed by atoms with van der Waals surface area (Å²) < 4.78 is 33.4. The number of benzene rings is 3. The normalized spacial score (nSPS) is 11.8. The predicted octanol–water partition coefficient (Wildman–Crippen LogP) is 7.45. The number of nitrogens with two attached hydrogens (primary N) is 1. The average molecular weight is 534 g/mol. The fraction of sp³-hybridized carbons (Fsp3) is 0.0769. The van der Waals surface area contributed by atoms with E-state index in [4.69, 9.17) is 45.3 Å². The Balaban J connectivity index is 1.80. The van der Waals surface area contributed by atoms with Crippen molar-refractivity contribution in [2.24, 2.45) is 5.73 Å². The van der Waals surface area contributed by atoms with Gasteiger partial charge in [-0.15, -0.1) is 0 Å². The fourth-order valence-electron chi connectivity index (χ4n) is 3.54. The molecule has 178 valence electrons. The fourth-order valence-corrected chi connectivity index (χ4v) is 4.19. The molecule has 4 nitrogen and oxygen atoms in total. The van der Waals surface area contributed by atoms with Gasteiger partial charge in [-0.3, -0.25) is 9.78 Å². The molecule has 1 amide bonds. The lowest BCUT2D eigenvalue weighted by Gasteiger charge is -2.22. The quantitative estimate of drug-likeness (QED) is 0.268. The van der Waals surface area contributed by atoms with Crippen LogP contribution in [0.4, 0.5) is 8.78 Å². The lowest BCUT2D eigenvalue weighted by molar-refractivity contribution is 0.1000. The minimum atomic E-state index is -1.05. The largest absolute Gasteiger partial charge is 0.485 e. The lowest BCUT2D eigenvalue weighted by atomic mass is 9.96. The van der Waals surface area contributed by atoms with Crippen LogP contribution in [0, 0.1) is 11.6 Å².